The third-order valence-electron chi connectivity index (χ3n) is 2.74. The Morgan fingerprint density at radius 3 is 2.71 bits per heavy atom. The molecule has 3 nitrogen and oxygen atoms in total. The van der Waals surface area contributed by atoms with Gasteiger partial charge in [0.05, 0.1) is 23.9 Å². The Morgan fingerprint density at radius 2 is 2.12 bits per heavy atom. The van der Waals surface area contributed by atoms with E-state index in [0.717, 1.165) is 17.8 Å². The van der Waals surface area contributed by atoms with E-state index in [-0.39, 0.29) is 12.6 Å². The lowest BCUT2D eigenvalue weighted by atomic mass is 10.1. The molecule has 0 saturated heterocycles. The highest BCUT2D eigenvalue weighted by molar-refractivity contribution is 7.09. The summed E-state index contributed by atoms with van der Waals surface area (Å²) in [5.41, 5.74) is 4.02. The summed E-state index contributed by atoms with van der Waals surface area (Å²) in [4.78, 5) is 5.43. The molecule has 1 atom stereocenters. The number of nitrogens with zero attached hydrogens (tertiary/aromatic N) is 1. The van der Waals surface area contributed by atoms with Crippen LogP contribution in [0.3, 0.4) is 0 Å². The average molecular weight is 248 g/mol. The highest BCUT2D eigenvalue weighted by Gasteiger charge is 2.10. The maximum atomic E-state index is 9.40. The maximum Gasteiger partial charge on any atom is 0.0798 e. The first-order valence-electron chi connectivity index (χ1n) is 5.59. The first-order valence-corrected chi connectivity index (χ1v) is 6.47. The van der Waals surface area contributed by atoms with Crippen LogP contribution in [-0.2, 0) is 6.54 Å². The molecule has 0 saturated carbocycles. The summed E-state index contributed by atoms with van der Waals surface area (Å²) in [5, 5.41) is 12.8. The van der Waals surface area contributed by atoms with E-state index in [0.29, 0.717) is 0 Å². The molecule has 1 heterocycles. The predicted octanol–water partition coefficient (Wildman–Crippen LogP) is 2.27. The molecule has 90 valence electrons. The zero-order valence-electron chi connectivity index (χ0n) is 9.76. The topological polar surface area (TPSA) is 45.2 Å². The minimum Gasteiger partial charge on any atom is -0.394 e. The van der Waals surface area contributed by atoms with Gasteiger partial charge in [0.15, 0.2) is 0 Å². The molecular weight excluding hydrogens is 232 g/mol. The van der Waals surface area contributed by atoms with Crippen molar-refractivity contribution in [3.05, 3.63) is 52.0 Å². The molecule has 0 aliphatic carbocycles. The van der Waals surface area contributed by atoms with Crippen molar-refractivity contribution in [2.45, 2.75) is 19.5 Å². The quantitative estimate of drug-likeness (QED) is 0.853. The number of aliphatic hydroxyl groups excluding tert-OH is 1. The Bertz CT molecular complexity index is 455. The minimum atomic E-state index is -0.0160. The molecule has 0 spiro atoms. The molecule has 17 heavy (non-hydrogen) atoms. The highest BCUT2D eigenvalue weighted by Crippen LogP contribution is 2.16. The van der Waals surface area contributed by atoms with Gasteiger partial charge in [-0.1, -0.05) is 30.3 Å². The van der Waals surface area contributed by atoms with E-state index in [2.05, 4.69) is 10.3 Å². The molecule has 0 amide bonds. The highest BCUT2D eigenvalue weighted by atomic mass is 32.1. The Hall–Kier alpha value is -1.23. The van der Waals surface area contributed by atoms with Crippen molar-refractivity contribution in [1.29, 1.82) is 0 Å². The van der Waals surface area contributed by atoms with Crippen LogP contribution < -0.4 is 5.32 Å². The first kappa shape index (κ1) is 12.2. The van der Waals surface area contributed by atoms with Gasteiger partial charge in [-0.05, 0) is 12.5 Å². The smallest absolute Gasteiger partial charge is 0.0798 e. The summed E-state index contributed by atoms with van der Waals surface area (Å²) < 4.78 is 0. The van der Waals surface area contributed by atoms with E-state index >= 15 is 0 Å². The largest absolute Gasteiger partial charge is 0.394 e. The van der Waals surface area contributed by atoms with E-state index in [1.807, 2.05) is 42.8 Å². The van der Waals surface area contributed by atoms with Crippen LogP contribution in [0.4, 0.5) is 0 Å². The van der Waals surface area contributed by atoms with Crippen molar-refractivity contribution in [2.24, 2.45) is 0 Å². The summed E-state index contributed by atoms with van der Waals surface area (Å²) in [5.74, 6) is 0. The molecule has 1 aromatic carbocycles. The Kier molecular flexibility index (Phi) is 4.25. The van der Waals surface area contributed by atoms with Crippen LogP contribution in [0.15, 0.2) is 35.8 Å². The first-order chi connectivity index (χ1) is 8.31. The lowest BCUT2D eigenvalue weighted by Gasteiger charge is -2.16. The molecule has 4 heteroatoms. The summed E-state index contributed by atoms with van der Waals surface area (Å²) in [6.45, 7) is 2.85. The molecule has 1 aromatic heterocycles. The Balaban J connectivity index is 1.99. The third-order valence-corrected chi connectivity index (χ3v) is 3.67. The Labute approximate surface area is 105 Å². The predicted molar refractivity (Wildman–Crippen MR) is 70.0 cm³/mol. The van der Waals surface area contributed by atoms with Crippen LogP contribution in [0.25, 0.3) is 0 Å². The average Bonchev–Trinajstić information content (AvgIpc) is 2.77. The normalized spacial score (nSPS) is 12.6. The second-order valence-corrected chi connectivity index (χ2v) is 4.83. The van der Waals surface area contributed by atoms with Crippen molar-refractivity contribution in [3.63, 3.8) is 0 Å². The summed E-state index contributed by atoms with van der Waals surface area (Å²) >= 11 is 1.64. The number of hydrogen-bond acceptors (Lipinski definition) is 4. The third kappa shape index (κ3) is 3.12. The van der Waals surface area contributed by atoms with Crippen LogP contribution in [0.1, 0.15) is 22.2 Å². The molecule has 0 aliphatic heterocycles. The number of thiazole rings is 1. The maximum absolute atomic E-state index is 9.40. The Morgan fingerprint density at radius 1 is 1.35 bits per heavy atom. The molecule has 2 rings (SSSR count). The van der Waals surface area contributed by atoms with Gasteiger partial charge in [0, 0.05) is 11.4 Å². The molecule has 0 aliphatic rings. The van der Waals surface area contributed by atoms with Crippen LogP contribution in [0.2, 0.25) is 0 Å². The number of rotatable bonds is 5. The SMILES string of the molecule is Cc1ncsc1CNC(CO)c1ccccc1. The fourth-order valence-corrected chi connectivity index (χ4v) is 2.41. The van der Waals surface area contributed by atoms with Crippen molar-refractivity contribution in [1.82, 2.24) is 10.3 Å². The van der Waals surface area contributed by atoms with Gasteiger partial charge in [0.1, 0.15) is 0 Å². The number of benzene rings is 1. The zero-order valence-corrected chi connectivity index (χ0v) is 10.6. The van der Waals surface area contributed by atoms with Crippen LogP contribution in [0, 0.1) is 6.92 Å². The standard InChI is InChI=1S/C13H16N2OS/c1-10-13(17-9-15-10)7-14-12(8-16)11-5-3-2-4-6-11/h2-6,9,12,14,16H,7-8H2,1H3. The molecule has 0 fully saturated rings. The monoisotopic (exact) mass is 248 g/mol. The zero-order chi connectivity index (χ0) is 12.1. The number of aryl methyl sites for hydroxylation is 1. The van der Waals surface area contributed by atoms with Gasteiger partial charge in [0.25, 0.3) is 0 Å². The number of aliphatic hydroxyl groups is 1. The van der Waals surface area contributed by atoms with Crippen LogP contribution >= 0.6 is 11.3 Å². The van der Waals surface area contributed by atoms with Crippen molar-refractivity contribution >= 4 is 11.3 Å². The van der Waals surface area contributed by atoms with Gasteiger partial charge < -0.3 is 10.4 Å². The molecule has 2 aromatic rings. The van der Waals surface area contributed by atoms with Gasteiger partial charge in [0.2, 0.25) is 0 Å². The number of nitrogens with one attached hydrogen (secondary N) is 1. The molecular formula is C13H16N2OS. The van der Waals surface area contributed by atoms with Crippen LogP contribution in [-0.4, -0.2) is 16.7 Å². The van der Waals surface area contributed by atoms with Gasteiger partial charge in [-0.25, -0.2) is 4.98 Å². The van der Waals surface area contributed by atoms with E-state index in [1.54, 1.807) is 11.3 Å². The number of aromatic nitrogens is 1. The van der Waals surface area contributed by atoms with Gasteiger partial charge in [-0.3, -0.25) is 0 Å². The molecule has 1 unspecified atom stereocenters. The van der Waals surface area contributed by atoms with E-state index in [9.17, 15) is 5.11 Å². The lowest BCUT2D eigenvalue weighted by molar-refractivity contribution is 0.244. The lowest BCUT2D eigenvalue weighted by Crippen LogP contribution is -2.23. The summed E-state index contributed by atoms with van der Waals surface area (Å²) in [6.07, 6.45) is 0. The van der Waals surface area contributed by atoms with Crippen molar-refractivity contribution < 1.29 is 5.11 Å². The molecule has 2 N–H and O–H groups in total. The van der Waals surface area contributed by atoms with E-state index in [4.69, 9.17) is 0 Å². The van der Waals surface area contributed by atoms with Gasteiger partial charge >= 0.3 is 0 Å². The fraction of sp³-hybridized carbons (Fsp3) is 0.308. The van der Waals surface area contributed by atoms with E-state index in [1.165, 1.54) is 4.88 Å². The molecule has 0 radical (unpaired) electrons. The minimum absolute atomic E-state index is 0.0160. The van der Waals surface area contributed by atoms with E-state index < -0.39 is 0 Å². The second kappa shape index (κ2) is 5.91. The molecule has 0 bridgehead atoms. The summed E-state index contributed by atoms with van der Waals surface area (Å²) in [6, 6.07) is 9.97. The van der Waals surface area contributed by atoms with Gasteiger partial charge in [-0.2, -0.15) is 0 Å². The van der Waals surface area contributed by atoms with Crippen molar-refractivity contribution in [3.8, 4) is 0 Å². The van der Waals surface area contributed by atoms with Crippen molar-refractivity contribution in [2.75, 3.05) is 6.61 Å². The summed E-state index contributed by atoms with van der Waals surface area (Å²) in [7, 11) is 0. The van der Waals surface area contributed by atoms with Gasteiger partial charge in [-0.15, -0.1) is 11.3 Å². The number of hydrogen-bond donors (Lipinski definition) is 2. The van der Waals surface area contributed by atoms with Crippen LogP contribution in [0.5, 0.6) is 0 Å². The fourth-order valence-electron chi connectivity index (χ4n) is 1.68. The second-order valence-electron chi connectivity index (χ2n) is 3.89.